The zero-order valence-electron chi connectivity index (χ0n) is 12.2. The molecule has 0 saturated heterocycles. The van der Waals surface area contributed by atoms with Crippen LogP contribution in [0.15, 0.2) is 30.3 Å². The van der Waals surface area contributed by atoms with Crippen molar-refractivity contribution in [1.82, 2.24) is 0 Å². The zero-order chi connectivity index (χ0) is 18.3. The quantitative estimate of drug-likeness (QED) is 0.359. The molecule has 12 heteroatoms. The monoisotopic (exact) mass is 342 g/mol. The number of nitro groups is 3. The maximum Gasteiger partial charge on any atom is 0.699 e. The van der Waals surface area contributed by atoms with E-state index in [2.05, 4.69) is 5.32 Å². The lowest BCUT2D eigenvalue weighted by atomic mass is 10.1. The molecule has 2 N–H and O–H groups in total. The Morgan fingerprint density at radius 2 is 1.58 bits per heavy atom. The number of carbonyl (C=O) groups is 1. The van der Waals surface area contributed by atoms with Gasteiger partial charge in [-0.1, -0.05) is 18.2 Å². The number of carboxylic acids is 1. The highest BCUT2D eigenvalue weighted by atomic mass is 16.7. The van der Waals surface area contributed by atoms with Gasteiger partial charge in [0.1, 0.15) is 6.04 Å². The lowest BCUT2D eigenvalue weighted by molar-refractivity contribution is -0.970. The van der Waals surface area contributed by atoms with Gasteiger partial charge in [-0.2, -0.15) is 0 Å². The van der Waals surface area contributed by atoms with E-state index in [1.807, 2.05) is 0 Å². The Balaban J connectivity index is 2.80. The van der Waals surface area contributed by atoms with Gasteiger partial charge in [-0.25, -0.2) is 4.79 Å². The second-order valence-electron chi connectivity index (χ2n) is 4.84. The average Bonchev–Trinajstić information content (AvgIpc) is 2.50. The molecule has 0 saturated carbocycles. The standard InChI is InChI=1S/C12H14N4O8/c17-11(18)10(13-9-5-2-1-3-6-9)7-4-8-12(14(19)20,15(21)22)16(23)24/h1-3,5-6,10,13H,4,7-8H2,(H,17,18). The van der Waals surface area contributed by atoms with Crippen molar-refractivity contribution in [2.75, 3.05) is 5.32 Å². The Kier molecular flexibility index (Phi) is 6.09. The SMILES string of the molecule is O=C(O)C(CCCC([N+](=O)[O-])([N+](=O)[O-])[N+](=O)[O-])Nc1ccccc1. The fraction of sp³-hybridized carbons (Fsp3) is 0.417. The minimum atomic E-state index is -3.57. The van der Waals surface area contributed by atoms with Crippen LogP contribution in [0, 0.1) is 30.3 Å². The first-order valence-corrected chi connectivity index (χ1v) is 6.69. The summed E-state index contributed by atoms with van der Waals surface area (Å²) in [6, 6.07) is 6.99. The van der Waals surface area contributed by atoms with Crippen molar-refractivity contribution in [3.05, 3.63) is 60.7 Å². The number of para-hydroxylation sites is 1. The van der Waals surface area contributed by atoms with Gasteiger partial charge in [-0.15, -0.1) is 0 Å². The van der Waals surface area contributed by atoms with E-state index in [4.69, 9.17) is 5.11 Å². The molecule has 1 aromatic carbocycles. The number of rotatable bonds is 10. The number of hydrogen-bond acceptors (Lipinski definition) is 8. The summed E-state index contributed by atoms with van der Waals surface area (Å²) in [5.41, 5.74) is 0.467. The molecule has 0 aliphatic rings. The zero-order valence-corrected chi connectivity index (χ0v) is 12.2. The van der Waals surface area contributed by atoms with Gasteiger partial charge in [-0.3, -0.25) is 30.3 Å². The molecule has 0 spiro atoms. The van der Waals surface area contributed by atoms with Crippen molar-refractivity contribution >= 4 is 11.7 Å². The van der Waals surface area contributed by atoms with Crippen LogP contribution in [0.5, 0.6) is 0 Å². The third-order valence-electron chi connectivity index (χ3n) is 3.29. The van der Waals surface area contributed by atoms with Crippen molar-refractivity contribution in [2.24, 2.45) is 0 Å². The van der Waals surface area contributed by atoms with Gasteiger partial charge in [0.15, 0.2) is 21.2 Å². The summed E-state index contributed by atoms with van der Waals surface area (Å²) in [4.78, 5) is 38.9. The normalized spacial score (nSPS) is 12.2. The topological polar surface area (TPSA) is 179 Å². The summed E-state index contributed by atoms with van der Waals surface area (Å²) in [6.45, 7) is 0. The van der Waals surface area contributed by atoms with Crippen molar-refractivity contribution in [3.8, 4) is 0 Å². The molecular weight excluding hydrogens is 328 g/mol. The van der Waals surface area contributed by atoms with Gasteiger partial charge in [0, 0.05) is 5.69 Å². The lowest BCUT2D eigenvalue weighted by Gasteiger charge is -2.16. The predicted molar refractivity (Wildman–Crippen MR) is 79.1 cm³/mol. The molecule has 0 heterocycles. The van der Waals surface area contributed by atoms with Crippen LogP contribution in [0.4, 0.5) is 5.69 Å². The van der Waals surface area contributed by atoms with Gasteiger partial charge in [0.2, 0.25) is 0 Å². The summed E-state index contributed by atoms with van der Waals surface area (Å²) in [6.07, 6.45) is -1.69. The second-order valence-corrected chi connectivity index (χ2v) is 4.84. The highest BCUT2D eigenvalue weighted by molar-refractivity contribution is 5.77. The first kappa shape index (κ1) is 18.7. The molecule has 0 aliphatic heterocycles. The Morgan fingerprint density at radius 3 is 2.00 bits per heavy atom. The highest BCUT2D eigenvalue weighted by Crippen LogP contribution is 2.22. The molecule has 0 fully saturated rings. The van der Waals surface area contributed by atoms with Crippen LogP contribution < -0.4 is 5.32 Å². The molecule has 1 atom stereocenters. The Labute approximate surface area is 134 Å². The van der Waals surface area contributed by atoms with Gasteiger partial charge in [0.25, 0.3) is 0 Å². The van der Waals surface area contributed by atoms with Crippen LogP contribution in [-0.2, 0) is 4.79 Å². The van der Waals surface area contributed by atoms with Crippen LogP contribution in [0.1, 0.15) is 19.3 Å². The Morgan fingerprint density at radius 1 is 1.08 bits per heavy atom. The van der Waals surface area contributed by atoms with Crippen LogP contribution in [0.25, 0.3) is 0 Å². The van der Waals surface area contributed by atoms with E-state index in [0.717, 1.165) is 0 Å². The Hall–Kier alpha value is -3.31. The van der Waals surface area contributed by atoms with E-state index in [0.29, 0.717) is 5.69 Å². The summed E-state index contributed by atoms with van der Waals surface area (Å²) in [5.74, 6) is -4.86. The molecule has 0 aliphatic carbocycles. The fourth-order valence-corrected chi connectivity index (χ4v) is 2.01. The van der Waals surface area contributed by atoms with E-state index in [1.54, 1.807) is 30.3 Å². The molecule has 24 heavy (non-hydrogen) atoms. The van der Waals surface area contributed by atoms with Crippen LogP contribution >= 0.6 is 0 Å². The Bertz CT molecular complexity index is 599. The summed E-state index contributed by atoms with van der Waals surface area (Å²) in [7, 11) is 0. The average molecular weight is 342 g/mol. The number of carboxylic acid groups (broad SMARTS) is 1. The van der Waals surface area contributed by atoms with Crippen LogP contribution in [-0.4, -0.2) is 37.7 Å². The first-order valence-electron chi connectivity index (χ1n) is 6.69. The number of nitrogens with one attached hydrogen (secondary N) is 1. The third-order valence-corrected chi connectivity index (χ3v) is 3.29. The molecule has 1 aromatic rings. The molecule has 1 rings (SSSR count). The van der Waals surface area contributed by atoms with Gasteiger partial charge in [0.05, 0.1) is 0 Å². The van der Waals surface area contributed by atoms with Gasteiger partial charge in [-0.05, 0) is 25.0 Å². The number of aliphatic carboxylic acids is 1. The van der Waals surface area contributed by atoms with Crippen molar-refractivity contribution in [1.29, 1.82) is 0 Å². The number of benzene rings is 1. The highest BCUT2D eigenvalue weighted by Gasteiger charge is 2.69. The van der Waals surface area contributed by atoms with Crippen LogP contribution in [0.3, 0.4) is 0 Å². The molecule has 130 valence electrons. The molecule has 0 amide bonds. The predicted octanol–water partition coefficient (Wildman–Crippen LogP) is 1.21. The number of anilines is 1. The van der Waals surface area contributed by atoms with Crippen molar-refractivity contribution in [2.45, 2.75) is 31.1 Å². The molecule has 1 unspecified atom stereocenters. The summed E-state index contributed by atoms with van der Waals surface area (Å²) < 4.78 is 0. The fourth-order valence-electron chi connectivity index (χ4n) is 2.01. The molecular formula is C12H14N4O8. The minimum Gasteiger partial charge on any atom is -0.480 e. The van der Waals surface area contributed by atoms with E-state index in [9.17, 15) is 35.1 Å². The maximum atomic E-state index is 11.2. The second kappa shape index (κ2) is 7.80. The van der Waals surface area contributed by atoms with Crippen LogP contribution in [0.2, 0.25) is 0 Å². The smallest absolute Gasteiger partial charge is 0.480 e. The van der Waals surface area contributed by atoms with E-state index < -0.39 is 45.4 Å². The first-order chi connectivity index (χ1) is 11.2. The molecule has 0 aromatic heterocycles. The van der Waals surface area contributed by atoms with Gasteiger partial charge < -0.3 is 10.4 Å². The third kappa shape index (κ3) is 4.12. The largest absolute Gasteiger partial charge is 0.699 e. The minimum absolute atomic E-state index is 0.262. The molecule has 0 bridgehead atoms. The number of nitrogens with zero attached hydrogens (tertiary/aromatic N) is 3. The molecule has 0 radical (unpaired) electrons. The molecule has 12 nitrogen and oxygen atoms in total. The van der Waals surface area contributed by atoms with E-state index in [-0.39, 0.29) is 6.42 Å². The summed E-state index contributed by atoms with van der Waals surface area (Å²) >= 11 is 0. The van der Waals surface area contributed by atoms with Crippen molar-refractivity contribution < 1.29 is 24.7 Å². The maximum absolute atomic E-state index is 11.2. The van der Waals surface area contributed by atoms with Gasteiger partial charge >= 0.3 is 11.8 Å². The van der Waals surface area contributed by atoms with Crippen molar-refractivity contribution in [3.63, 3.8) is 0 Å². The summed E-state index contributed by atoms with van der Waals surface area (Å²) in [5, 5.41) is 44.2. The lowest BCUT2D eigenvalue weighted by Crippen LogP contribution is -2.53. The van der Waals surface area contributed by atoms with E-state index >= 15 is 0 Å². The number of hydrogen-bond donors (Lipinski definition) is 2. The van der Waals surface area contributed by atoms with E-state index in [1.165, 1.54) is 0 Å².